The molecule has 1 aromatic carbocycles. The summed E-state index contributed by atoms with van der Waals surface area (Å²) in [6, 6.07) is 6.63. The first-order valence-electron chi connectivity index (χ1n) is 7.74. The fourth-order valence-corrected chi connectivity index (χ4v) is 5.43. The van der Waals surface area contributed by atoms with Crippen molar-refractivity contribution in [1.82, 2.24) is 15.1 Å². The predicted octanol–water partition coefficient (Wildman–Crippen LogP) is 4.23. The molecule has 0 N–H and O–H groups in total. The molecule has 0 aliphatic carbocycles. The number of carbonyl (C=O) groups is 2. The lowest BCUT2D eigenvalue weighted by Crippen LogP contribution is -2.41. The molecule has 5 nitrogen and oxygen atoms in total. The molecule has 2 aromatic rings. The number of imide groups is 1. The summed E-state index contributed by atoms with van der Waals surface area (Å²) >= 11 is 10.3. The van der Waals surface area contributed by atoms with Gasteiger partial charge < -0.3 is 0 Å². The van der Waals surface area contributed by atoms with E-state index in [0.29, 0.717) is 17.1 Å². The van der Waals surface area contributed by atoms with Crippen molar-refractivity contribution in [3.63, 3.8) is 0 Å². The quantitative estimate of drug-likeness (QED) is 0.552. The normalized spacial score (nSPS) is 18.2. The van der Waals surface area contributed by atoms with Crippen LogP contribution in [-0.2, 0) is 4.79 Å². The van der Waals surface area contributed by atoms with Crippen LogP contribution < -0.4 is 0 Å². The van der Waals surface area contributed by atoms with Gasteiger partial charge >= 0.3 is 0 Å². The number of aromatic nitrogens is 2. The lowest BCUT2D eigenvalue weighted by molar-refractivity contribution is -0.127. The van der Waals surface area contributed by atoms with E-state index in [9.17, 15) is 9.59 Å². The van der Waals surface area contributed by atoms with Crippen molar-refractivity contribution < 1.29 is 9.59 Å². The van der Waals surface area contributed by atoms with Gasteiger partial charge in [-0.1, -0.05) is 52.9 Å². The first-order valence-corrected chi connectivity index (χ1v) is 11.0. The third kappa shape index (κ3) is 4.55. The summed E-state index contributed by atoms with van der Waals surface area (Å²) in [7, 11) is 0. The average Bonchev–Trinajstić information content (AvgIpc) is 3.00. The molecule has 0 saturated carbocycles. The molecule has 0 bridgehead atoms. The van der Waals surface area contributed by atoms with Crippen LogP contribution in [0.5, 0.6) is 0 Å². The second kappa shape index (κ2) is 8.53. The van der Waals surface area contributed by atoms with E-state index in [1.807, 2.05) is 6.26 Å². The number of thioether (sulfide) groups is 2. The molecule has 9 heteroatoms. The summed E-state index contributed by atoms with van der Waals surface area (Å²) in [5.41, 5.74) is 0.476. The van der Waals surface area contributed by atoms with Crippen molar-refractivity contribution in [2.45, 2.75) is 33.2 Å². The van der Waals surface area contributed by atoms with Crippen molar-refractivity contribution in [3.8, 4) is 0 Å². The standard InChI is InChI=1S/C16H16ClN3O2S3/c1-23-15-18-19-16(25-15)24-12-4-2-3-9-20(14(12)22)13(21)10-5-7-11(17)8-6-10/h5-8,12H,2-4,9H2,1H3. The van der Waals surface area contributed by atoms with E-state index in [1.165, 1.54) is 39.8 Å². The fraction of sp³-hybridized carbons (Fsp3) is 0.375. The molecule has 1 aliphatic rings. The molecule has 132 valence electrons. The van der Waals surface area contributed by atoms with Crippen molar-refractivity contribution in [2.75, 3.05) is 12.8 Å². The van der Waals surface area contributed by atoms with E-state index in [4.69, 9.17) is 11.6 Å². The summed E-state index contributed by atoms with van der Waals surface area (Å²) in [5, 5.41) is 8.45. The van der Waals surface area contributed by atoms with Crippen molar-refractivity contribution in [3.05, 3.63) is 34.9 Å². The summed E-state index contributed by atoms with van der Waals surface area (Å²) in [6.45, 7) is 0.448. The highest BCUT2D eigenvalue weighted by molar-refractivity contribution is 8.03. The van der Waals surface area contributed by atoms with Gasteiger partial charge in [0.15, 0.2) is 8.68 Å². The maximum Gasteiger partial charge on any atom is 0.260 e. The first-order chi connectivity index (χ1) is 12.1. The minimum absolute atomic E-state index is 0.150. The summed E-state index contributed by atoms with van der Waals surface area (Å²) in [4.78, 5) is 27.0. The maximum absolute atomic E-state index is 12.9. The smallest absolute Gasteiger partial charge is 0.260 e. The fourth-order valence-electron chi connectivity index (χ4n) is 2.52. The highest BCUT2D eigenvalue weighted by Crippen LogP contribution is 2.34. The van der Waals surface area contributed by atoms with Gasteiger partial charge in [0.25, 0.3) is 5.91 Å². The Morgan fingerprint density at radius 2 is 1.96 bits per heavy atom. The van der Waals surface area contributed by atoms with E-state index < -0.39 is 0 Å². The molecule has 1 unspecified atom stereocenters. The zero-order valence-electron chi connectivity index (χ0n) is 13.5. The number of rotatable bonds is 4. The van der Waals surface area contributed by atoms with Crippen LogP contribution in [0.4, 0.5) is 0 Å². The van der Waals surface area contributed by atoms with Gasteiger partial charge in [-0.3, -0.25) is 14.5 Å². The molecule has 2 amide bonds. The van der Waals surface area contributed by atoms with Gasteiger partial charge in [0.05, 0.1) is 5.25 Å². The topological polar surface area (TPSA) is 63.2 Å². The average molecular weight is 414 g/mol. The number of benzene rings is 1. The Morgan fingerprint density at radius 1 is 1.24 bits per heavy atom. The van der Waals surface area contributed by atoms with Crippen molar-refractivity contribution in [2.24, 2.45) is 0 Å². The number of likely N-dealkylation sites (tertiary alicyclic amines) is 1. The van der Waals surface area contributed by atoms with Crippen LogP contribution >= 0.6 is 46.5 Å². The maximum atomic E-state index is 12.9. The van der Waals surface area contributed by atoms with Crippen LogP contribution in [0.3, 0.4) is 0 Å². The Labute approximate surface area is 163 Å². The minimum atomic E-state index is -0.304. The monoisotopic (exact) mass is 413 g/mol. The van der Waals surface area contributed by atoms with Gasteiger partial charge in [0.1, 0.15) is 0 Å². The molecule has 0 spiro atoms. The second-order valence-electron chi connectivity index (χ2n) is 5.44. The summed E-state index contributed by atoms with van der Waals surface area (Å²) in [5.74, 6) is -0.417. The van der Waals surface area contributed by atoms with Crippen LogP contribution in [0.15, 0.2) is 32.9 Å². The Hall–Kier alpha value is -1.09. The molecule has 25 heavy (non-hydrogen) atoms. The van der Waals surface area contributed by atoms with E-state index in [1.54, 1.807) is 24.3 Å². The van der Waals surface area contributed by atoms with Crippen LogP contribution in [0, 0.1) is 0 Å². The third-order valence-electron chi connectivity index (χ3n) is 3.78. The zero-order chi connectivity index (χ0) is 17.8. The summed E-state index contributed by atoms with van der Waals surface area (Å²) in [6.07, 6.45) is 4.40. The van der Waals surface area contributed by atoms with E-state index in [0.717, 1.165) is 27.9 Å². The minimum Gasteiger partial charge on any atom is -0.278 e. The van der Waals surface area contributed by atoms with Gasteiger partial charge in [-0.15, -0.1) is 10.2 Å². The Kier molecular flexibility index (Phi) is 6.38. The Morgan fingerprint density at radius 3 is 2.64 bits per heavy atom. The second-order valence-corrected chi connectivity index (χ2v) is 9.36. The van der Waals surface area contributed by atoms with E-state index in [-0.39, 0.29) is 17.1 Å². The van der Waals surface area contributed by atoms with E-state index in [2.05, 4.69) is 10.2 Å². The number of amides is 2. The lowest BCUT2D eigenvalue weighted by atomic mass is 10.2. The highest BCUT2D eigenvalue weighted by Gasteiger charge is 2.32. The highest BCUT2D eigenvalue weighted by atomic mass is 35.5. The number of hydrogen-bond acceptors (Lipinski definition) is 7. The molecule has 1 fully saturated rings. The molecule has 3 rings (SSSR count). The lowest BCUT2D eigenvalue weighted by Gasteiger charge is -2.22. The molecular weight excluding hydrogens is 398 g/mol. The Bertz CT molecular complexity index is 766. The van der Waals surface area contributed by atoms with Crippen LogP contribution in [0.2, 0.25) is 5.02 Å². The molecule has 1 aromatic heterocycles. The van der Waals surface area contributed by atoms with Gasteiger partial charge in [-0.2, -0.15) is 0 Å². The van der Waals surface area contributed by atoms with Crippen LogP contribution in [0.25, 0.3) is 0 Å². The number of halogens is 1. The molecule has 1 atom stereocenters. The van der Waals surface area contributed by atoms with Gasteiger partial charge in [0.2, 0.25) is 5.91 Å². The van der Waals surface area contributed by atoms with Crippen LogP contribution in [-0.4, -0.2) is 45.0 Å². The number of hydrogen-bond donors (Lipinski definition) is 0. The number of carbonyl (C=O) groups excluding carboxylic acids is 2. The van der Waals surface area contributed by atoms with Crippen molar-refractivity contribution >= 4 is 58.3 Å². The summed E-state index contributed by atoms with van der Waals surface area (Å²) < 4.78 is 1.64. The predicted molar refractivity (Wildman–Crippen MR) is 103 cm³/mol. The largest absolute Gasteiger partial charge is 0.278 e. The van der Waals surface area contributed by atoms with Crippen LogP contribution in [0.1, 0.15) is 29.6 Å². The van der Waals surface area contributed by atoms with Gasteiger partial charge in [-0.25, -0.2) is 0 Å². The Balaban J connectivity index is 1.76. The van der Waals surface area contributed by atoms with Gasteiger partial charge in [0, 0.05) is 17.1 Å². The third-order valence-corrected chi connectivity index (χ3v) is 7.27. The van der Waals surface area contributed by atoms with Crippen molar-refractivity contribution in [1.29, 1.82) is 0 Å². The first kappa shape index (κ1) is 18.7. The molecule has 2 heterocycles. The molecular formula is C16H16ClN3O2S3. The van der Waals surface area contributed by atoms with E-state index >= 15 is 0 Å². The SMILES string of the molecule is CSc1nnc(SC2CCCCN(C(=O)c3ccc(Cl)cc3)C2=O)s1. The molecule has 1 saturated heterocycles. The molecule has 1 aliphatic heterocycles. The molecule has 0 radical (unpaired) electrons. The zero-order valence-corrected chi connectivity index (χ0v) is 16.7. The van der Waals surface area contributed by atoms with Gasteiger partial charge in [-0.05, 0) is 43.4 Å². The number of nitrogens with zero attached hydrogens (tertiary/aromatic N) is 3.